The first-order valence-corrected chi connectivity index (χ1v) is 10.4. The van der Waals surface area contributed by atoms with Crippen molar-refractivity contribution in [3.05, 3.63) is 65.4 Å². The van der Waals surface area contributed by atoms with Crippen LogP contribution in [-0.2, 0) is 18.9 Å². The lowest BCUT2D eigenvalue weighted by Crippen LogP contribution is -2.32. The smallest absolute Gasteiger partial charge is 0.228 e. The van der Waals surface area contributed by atoms with E-state index in [0.29, 0.717) is 6.42 Å². The fraction of sp³-hybridized carbons (Fsp3) is 0.259. The van der Waals surface area contributed by atoms with Crippen molar-refractivity contribution in [3.8, 4) is 28.8 Å². The van der Waals surface area contributed by atoms with Gasteiger partial charge in [0.15, 0.2) is 6.20 Å². The highest BCUT2D eigenvalue weighted by atomic mass is 16.5. The summed E-state index contributed by atoms with van der Waals surface area (Å²) in [6.45, 7) is 8.94. The molecule has 0 unspecified atom stereocenters. The number of fused-ring (bicyclic) bond motifs is 3. The molecule has 4 aromatic rings. The molecule has 0 N–H and O–H groups in total. The molecule has 1 aromatic heterocycles. The molecule has 0 radical (unpaired) electrons. The Morgan fingerprint density at radius 2 is 1.80 bits per heavy atom. The second-order valence-electron chi connectivity index (χ2n) is 9.27. The van der Waals surface area contributed by atoms with Crippen molar-refractivity contribution in [3.63, 3.8) is 0 Å². The number of aromatic nitrogens is 1. The van der Waals surface area contributed by atoms with Gasteiger partial charge in [0.2, 0.25) is 5.69 Å². The largest absolute Gasteiger partial charge is 0.455 e. The van der Waals surface area contributed by atoms with Crippen molar-refractivity contribution in [2.45, 2.75) is 39.5 Å². The van der Waals surface area contributed by atoms with Crippen LogP contribution in [0, 0.1) is 18.3 Å². The molecule has 30 heavy (non-hydrogen) atoms. The Hall–Kier alpha value is -3.38. The molecule has 0 bridgehead atoms. The van der Waals surface area contributed by atoms with Crippen molar-refractivity contribution in [1.29, 1.82) is 5.26 Å². The van der Waals surface area contributed by atoms with Gasteiger partial charge in [-0.2, -0.15) is 5.26 Å². The van der Waals surface area contributed by atoms with Crippen LogP contribution in [0.2, 0.25) is 0 Å². The summed E-state index contributed by atoms with van der Waals surface area (Å²) in [6.07, 6.45) is 2.48. The molecule has 1 aliphatic heterocycles. The second-order valence-corrected chi connectivity index (χ2v) is 9.27. The Morgan fingerprint density at radius 1 is 1.07 bits per heavy atom. The van der Waals surface area contributed by atoms with E-state index < -0.39 is 0 Å². The Balaban J connectivity index is 2.00. The number of pyridine rings is 1. The van der Waals surface area contributed by atoms with Crippen LogP contribution >= 0.6 is 0 Å². The predicted octanol–water partition coefficient (Wildman–Crippen LogP) is 6.26. The van der Waals surface area contributed by atoms with Crippen LogP contribution < -0.4 is 9.30 Å². The van der Waals surface area contributed by atoms with Crippen molar-refractivity contribution in [2.24, 2.45) is 7.05 Å². The summed E-state index contributed by atoms with van der Waals surface area (Å²) in [5.41, 5.74) is 5.72. The van der Waals surface area contributed by atoms with Crippen molar-refractivity contribution in [2.75, 3.05) is 0 Å². The zero-order chi connectivity index (χ0) is 21.2. The van der Waals surface area contributed by atoms with Gasteiger partial charge in [-0.25, -0.2) is 4.57 Å². The van der Waals surface area contributed by atoms with Crippen LogP contribution in [0.5, 0.6) is 11.5 Å². The molecule has 0 atom stereocenters. The van der Waals surface area contributed by atoms with Gasteiger partial charge in [-0.15, -0.1) is 0 Å². The number of benzene rings is 3. The van der Waals surface area contributed by atoms with Gasteiger partial charge in [-0.1, -0.05) is 45.0 Å². The van der Waals surface area contributed by atoms with Crippen LogP contribution in [0.1, 0.15) is 37.5 Å². The molecule has 0 spiro atoms. The summed E-state index contributed by atoms with van der Waals surface area (Å²) in [5, 5.41) is 14.0. The van der Waals surface area contributed by atoms with Crippen LogP contribution in [0.4, 0.5) is 0 Å². The molecule has 3 aromatic carbocycles. The van der Waals surface area contributed by atoms with E-state index in [9.17, 15) is 5.26 Å². The summed E-state index contributed by atoms with van der Waals surface area (Å²) in [4.78, 5) is 0. The van der Waals surface area contributed by atoms with E-state index in [0.717, 1.165) is 27.8 Å². The number of rotatable bonds is 1. The Labute approximate surface area is 177 Å². The molecule has 5 rings (SSSR count). The van der Waals surface area contributed by atoms with E-state index in [-0.39, 0.29) is 5.41 Å². The van der Waals surface area contributed by atoms with E-state index in [4.69, 9.17) is 4.74 Å². The first-order valence-electron chi connectivity index (χ1n) is 10.4. The van der Waals surface area contributed by atoms with Gasteiger partial charge in [0, 0.05) is 11.6 Å². The summed E-state index contributed by atoms with van der Waals surface area (Å²) >= 11 is 0. The minimum absolute atomic E-state index is 0.0916. The highest BCUT2D eigenvalue weighted by Gasteiger charge is 2.35. The van der Waals surface area contributed by atoms with Gasteiger partial charge < -0.3 is 4.74 Å². The highest BCUT2D eigenvalue weighted by molar-refractivity contribution is 6.07. The normalized spacial score (nSPS) is 12.5. The molecular weight excluding hydrogens is 368 g/mol. The number of ether oxygens (including phenoxy) is 1. The standard InChI is InChI=1S/C27H25N2O/c1-16-19-8-6-7-9-20(19)24(27(2,3)4)26-22(16)25-23-18(11-13-29(25)5)14-17(10-12-28)15-21(23)30-26/h6-9,11,13-15H,10H2,1-5H3/q+1. The average Bonchev–Trinajstić information content (AvgIpc) is 2.69. The average molecular weight is 394 g/mol. The number of nitriles is 1. The maximum Gasteiger partial charge on any atom is 0.228 e. The topological polar surface area (TPSA) is 36.9 Å². The first-order chi connectivity index (χ1) is 14.3. The first kappa shape index (κ1) is 18.6. The molecule has 0 amide bonds. The number of aryl methyl sites for hydroxylation is 2. The summed E-state index contributed by atoms with van der Waals surface area (Å²) < 4.78 is 8.92. The van der Waals surface area contributed by atoms with Gasteiger partial charge in [-0.3, -0.25) is 0 Å². The quantitative estimate of drug-likeness (QED) is 0.315. The molecule has 148 valence electrons. The number of hydrogen-bond acceptors (Lipinski definition) is 2. The van der Waals surface area contributed by atoms with E-state index in [2.05, 4.69) is 88.0 Å². The Bertz CT molecular complexity index is 1400. The fourth-order valence-electron chi connectivity index (χ4n) is 4.92. The van der Waals surface area contributed by atoms with Crippen LogP contribution in [0.15, 0.2) is 48.7 Å². The zero-order valence-corrected chi connectivity index (χ0v) is 18.1. The van der Waals surface area contributed by atoms with Crippen molar-refractivity contribution >= 4 is 21.5 Å². The lowest BCUT2D eigenvalue weighted by Gasteiger charge is -2.30. The van der Waals surface area contributed by atoms with E-state index in [1.165, 1.54) is 33.2 Å². The van der Waals surface area contributed by atoms with Crippen molar-refractivity contribution < 1.29 is 9.30 Å². The van der Waals surface area contributed by atoms with E-state index >= 15 is 0 Å². The SMILES string of the molecule is Cc1c2c(c(C(C)(C)C)c3ccccc13)Oc1cc(CC#N)cc3cc[n+](C)c-2c13. The lowest BCUT2D eigenvalue weighted by atomic mass is 9.78. The number of hydrogen-bond donors (Lipinski definition) is 0. The molecule has 3 nitrogen and oxygen atoms in total. The molecule has 0 saturated heterocycles. The van der Waals surface area contributed by atoms with Gasteiger partial charge in [0.05, 0.1) is 23.4 Å². The van der Waals surface area contributed by atoms with Gasteiger partial charge in [0.25, 0.3) is 0 Å². The maximum absolute atomic E-state index is 9.24. The molecular formula is C27H25N2O+. The predicted molar refractivity (Wildman–Crippen MR) is 121 cm³/mol. The third-order valence-electron chi connectivity index (χ3n) is 6.17. The summed E-state index contributed by atoms with van der Waals surface area (Å²) in [5.74, 6) is 1.79. The molecule has 0 saturated carbocycles. The van der Waals surface area contributed by atoms with Crippen LogP contribution in [0.25, 0.3) is 32.8 Å². The highest BCUT2D eigenvalue weighted by Crippen LogP contribution is 2.53. The Morgan fingerprint density at radius 3 is 2.50 bits per heavy atom. The van der Waals surface area contributed by atoms with E-state index in [1.807, 2.05) is 6.07 Å². The zero-order valence-electron chi connectivity index (χ0n) is 18.1. The monoisotopic (exact) mass is 393 g/mol. The second kappa shape index (κ2) is 6.31. The lowest BCUT2D eigenvalue weighted by molar-refractivity contribution is -0.659. The molecule has 2 heterocycles. The number of nitrogens with zero attached hydrogens (tertiary/aromatic N) is 2. The minimum atomic E-state index is -0.0916. The summed E-state index contributed by atoms with van der Waals surface area (Å²) in [7, 11) is 2.10. The van der Waals surface area contributed by atoms with Crippen LogP contribution in [-0.4, -0.2) is 0 Å². The van der Waals surface area contributed by atoms with Gasteiger partial charge >= 0.3 is 0 Å². The fourth-order valence-corrected chi connectivity index (χ4v) is 4.92. The van der Waals surface area contributed by atoms with Crippen molar-refractivity contribution in [1.82, 2.24) is 0 Å². The maximum atomic E-state index is 9.24. The van der Waals surface area contributed by atoms with Gasteiger partial charge in [-0.05, 0) is 51.8 Å². The minimum Gasteiger partial charge on any atom is -0.455 e. The van der Waals surface area contributed by atoms with E-state index in [1.54, 1.807) is 0 Å². The molecule has 3 heteroatoms. The summed E-state index contributed by atoms with van der Waals surface area (Å²) in [6, 6.07) is 17.2. The Kier molecular flexibility index (Phi) is 3.92. The third-order valence-corrected chi connectivity index (χ3v) is 6.17. The van der Waals surface area contributed by atoms with Gasteiger partial charge in [0.1, 0.15) is 18.5 Å². The molecule has 0 aliphatic carbocycles. The van der Waals surface area contributed by atoms with Crippen LogP contribution in [0.3, 0.4) is 0 Å². The molecule has 0 fully saturated rings. The molecule has 1 aliphatic rings. The third kappa shape index (κ3) is 2.53.